The molecule has 16 heavy (non-hydrogen) atoms. The summed E-state index contributed by atoms with van der Waals surface area (Å²) in [6.45, 7) is 5.66. The Kier molecular flexibility index (Phi) is 5.62. The van der Waals surface area contributed by atoms with Gasteiger partial charge in [0.25, 0.3) is 0 Å². The average molecular weight is 249 g/mol. The van der Waals surface area contributed by atoms with Crippen molar-refractivity contribution in [1.82, 2.24) is 4.90 Å². The second-order valence-corrected chi connectivity index (χ2v) is 5.77. The lowest BCUT2D eigenvalue weighted by molar-refractivity contribution is -0.121. The van der Waals surface area contributed by atoms with Crippen molar-refractivity contribution in [3.05, 3.63) is 0 Å². The Hall–Kier alpha value is -0.220. The van der Waals surface area contributed by atoms with Gasteiger partial charge in [-0.1, -0.05) is 0 Å². The standard InChI is InChI=1S/C10H20NO4P/c1-3-14-16(13,15-4-2)9-11-7-5-10(12)6-8-11/h3-9H2,1-2H3. The van der Waals surface area contributed by atoms with Crippen LogP contribution in [-0.4, -0.2) is 43.3 Å². The van der Waals surface area contributed by atoms with Gasteiger partial charge in [0.15, 0.2) is 0 Å². The number of carbonyl (C=O) groups excluding carboxylic acids is 1. The SMILES string of the molecule is CCOP(=O)(CN1CCC(=O)CC1)OCC. The van der Waals surface area contributed by atoms with Gasteiger partial charge in [0, 0.05) is 25.9 Å². The molecule has 6 heteroatoms. The van der Waals surface area contributed by atoms with Gasteiger partial charge in [-0.2, -0.15) is 0 Å². The summed E-state index contributed by atoms with van der Waals surface area (Å²) in [6.07, 6.45) is 1.37. The molecule has 0 radical (unpaired) electrons. The number of hydrogen-bond acceptors (Lipinski definition) is 5. The molecule has 1 fully saturated rings. The van der Waals surface area contributed by atoms with E-state index in [9.17, 15) is 9.36 Å². The molecule has 0 amide bonds. The van der Waals surface area contributed by atoms with Crippen LogP contribution in [0.2, 0.25) is 0 Å². The van der Waals surface area contributed by atoms with E-state index in [1.54, 1.807) is 13.8 Å². The monoisotopic (exact) mass is 249 g/mol. The lowest BCUT2D eigenvalue weighted by Gasteiger charge is -2.28. The first-order valence-electron chi connectivity index (χ1n) is 5.72. The van der Waals surface area contributed by atoms with Gasteiger partial charge in [0.1, 0.15) is 12.1 Å². The fourth-order valence-electron chi connectivity index (χ4n) is 1.70. The molecular weight excluding hydrogens is 229 g/mol. The topological polar surface area (TPSA) is 55.8 Å². The van der Waals surface area contributed by atoms with Crippen molar-refractivity contribution in [3.8, 4) is 0 Å². The molecule has 0 spiro atoms. The van der Waals surface area contributed by atoms with Crippen molar-refractivity contribution in [1.29, 1.82) is 0 Å². The molecule has 1 rings (SSSR count). The number of hydrogen-bond donors (Lipinski definition) is 0. The minimum atomic E-state index is -2.99. The average Bonchev–Trinajstić information content (AvgIpc) is 2.22. The van der Waals surface area contributed by atoms with Crippen molar-refractivity contribution < 1.29 is 18.4 Å². The maximum Gasteiger partial charge on any atom is 0.344 e. The van der Waals surface area contributed by atoms with E-state index in [4.69, 9.17) is 9.05 Å². The van der Waals surface area contributed by atoms with E-state index in [1.165, 1.54) is 0 Å². The number of rotatable bonds is 6. The van der Waals surface area contributed by atoms with Crippen molar-refractivity contribution in [2.24, 2.45) is 0 Å². The molecule has 0 aliphatic carbocycles. The molecule has 0 aromatic heterocycles. The molecule has 94 valence electrons. The Morgan fingerprint density at radius 1 is 1.19 bits per heavy atom. The summed E-state index contributed by atoms with van der Waals surface area (Å²) in [4.78, 5) is 13.0. The first-order valence-corrected chi connectivity index (χ1v) is 7.44. The highest BCUT2D eigenvalue weighted by Gasteiger charge is 2.28. The summed E-state index contributed by atoms with van der Waals surface area (Å²) in [5.74, 6) is 0.277. The Morgan fingerprint density at radius 2 is 1.69 bits per heavy atom. The fourth-order valence-corrected chi connectivity index (χ4v) is 3.50. The van der Waals surface area contributed by atoms with Crippen molar-refractivity contribution in [2.45, 2.75) is 26.7 Å². The van der Waals surface area contributed by atoms with Crippen LogP contribution in [0.25, 0.3) is 0 Å². The van der Waals surface area contributed by atoms with Crippen molar-refractivity contribution in [3.63, 3.8) is 0 Å². The van der Waals surface area contributed by atoms with Crippen LogP contribution in [0, 0.1) is 0 Å². The maximum absolute atomic E-state index is 12.2. The molecule has 0 aromatic rings. The van der Waals surface area contributed by atoms with E-state index >= 15 is 0 Å². The molecular formula is C10H20NO4P. The molecule has 5 nitrogen and oxygen atoms in total. The van der Waals surface area contributed by atoms with E-state index in [-0.39, 0.29) is 5.78 Å². The third kappa shape index (κ3) is 4.34. The van der Waals surface area contributed by atoms with E-state index in [2.05, 4.69) is 0 Å². The zero-order valence-electron chi connectivity index (χ0n) is 9.98. The molecule has 1 aliphatic rings. The molecule has 0 unspecified atom stereocenters. The number of piperidine rings is 1. The summed E-state index contributed by atoms with van der Waals surface area (Å²) in [5.41, 5.74) is 0. The zero-order valence-corrected chi connectivity index (χ0v) is 10.9. The van der Waals surface area contributed by atoms with Crippen molar-refractivity contribution in [2.75, 3.05) is 32.6 Å². The van der Waals surface area contributed by atoms with E-state index < -0.39 is 7.60 Å². The minimum Gasteiger partial charge on any atom is -0.308 e. The number of carbonyl (C=O) groups is 1. The van der Waals surface area contributed by atoms with Gasteiger partial charge in [0.2, 0.25) is 0 Å². The van der Waals surface area contributed by atoms with Crippen LogP contribution in [0.4, 0.5) is 0 Å². The van der Waals surface area contributed by atoms with Gasteiger partial charge in [0.05, 0.1) is 13.2 Å². The maximum atomic E-state index is 12.2. The lowest BCUT2D eigenvalue weighted by atomic mass is 10.1. The number of Topliss-reactive ketones (excluding diaryl/α,β-unsaturated/α-hetero) is 1. The largest absolute Gasteiger partial charge is 0.344 e. The molecule has 0 aromatic carbocycles. The fraction of sp³-hybridized carbons (Fsp3) is 0.900. The van der Waals surface area contributed by atoms with Crippen LogP contribution in [0.1, 0.15) is 26.7 Å². The van der Waals surface area contributed by atoms with Crippen LogP contribution < -0.4 is 0 Å². The second-order valence-electron chi connectivity index (χ2n) is 3.74. The molecule has 0 saturated carbocycles. The Morgan fingerprint density at radius 3 is 2.12 bits per heavy atom. The molecule has 0 N–H and O–H groups in total. The third-order valence-electron chi connectivity index (χ3n) is 2.44. The van der Waals surface area contributed by atoms with Crippen molar-refractivity contribution >= 4 is 13.4 Å². The lowest BCUT2D eigenvalue weighted by Crippen LogP contribution is -2.34. The highest BCUT2D eigenvalue weighted by molar-refractivity contribution is 7.53. The van der Waals surface area contributed by atoms with Gasteiger partial charge < -0.3 is 9.05 Å². The van der Waals surface area contributed by atoms with E-state index in [0.29, 0.717) is 45.4 Å². The second kappa shape index (κ2) is 6.50. The summed E-state index contributed by atoms with van der Waals surface area (Å²) in [5, 5.41) is 0. The normalized spacial score (nSPS) is 19.0. The van der Waals surface area contributed by atoms with Gasteiger partial charge >= 0.3 is 7.60 Å². The Bertz CT molecular complexity index is 262. The highest BCUT2D eigenvalue weighted by atomic mass is 31.2. The summed E-state index contributed by atoms with van der Waals surface area (Å²) >= 11 is 0. The number of likely N-dealkylation sites (tertiary alicyclic amines) is 1. The smallest absolute Gasteiger partial charge is 0.308 e. The minimum absolute atomic E-state index is 0.277. The number of nitrogens with zero attached hydrogens (tertiary/aromatic N) is 1. The first kappa shape index (κ1) is 13.8. The predicted molar refractivity (Wildman–Crippen MR) is 61.5 cm³/mol. The summed E-state index contributed by atoms with van der Waals surface area (Å²) in [7, 11) is -2.99. The molecule has 1 heterocycles. The predicted octanol–water partition coefficient (Wildman–Crippen LogP) is 1.87. The van der Waals surface area contributed by atoms with Gasteiger partial charge in [-0.05, 0) is 13.8 Å². The molecule has 0 atom stereocenters. The zero-order chi connectivity index (χ0) is 12.0. The van der Waals surface area contributed by atoms with Crippen LogP contribution in [-0.2, 0) is 18.4 Å². The number of ketones is 1. The highest BCUT2D eigenvalue weighted by Crippen LogP contribution is 2.48. The van der Waals surface area contributed by atoms with E-state index in [1.807, 2.05) is 4.90 Å². The van der Waals surface area contributed by atoms with E-state index in [0.717, 1.165) is 0 Å². The molecule has 0 bridgehead atoms. The van der Waals surface area contributed by atoms with Crippen LogP contribution in [0.15, 0.2) is 0 Å². The first-order chi connectivity index (χ1) is 7.59. The molecule has 1 saturated heterocycles. The molecule has 1 aliphatic heterocycles. The Balaban J connectivity index is 2.48. The van der Waals surface area contributed by atoms with Crippen LogP contribution in [0.5, 0.6) is 0 Å². The third-order valence-corrected chi connectivity index (χ3v) is 4.49. The van der Waals surface area contributed by atoms with Gasteiger partial charge in [-0.3, -0.25) is 14.3 Å². The van der Waals surface area contributed by atoms with Gasteiger partial charge in [-0.25, -0.2) is 0 Å². The van der Waals surface area contributed by atoms with Crippen LogP contribution >= 0.6 is 7.60 Å². The summed E-state index contributed by atoms with van der Waals surface area (Å²) < 4.78 is 22.6. The Labute approximate surface area is 96.6 Å². The summed E-state index contributed by atoms with van der Waals surface area (Å²) in [6, 6.07) is 0. The van der Waals surface area contributed by atoms with Gasteiger partial charge in [-0.15, -0.1) is 0 Å². The quantitative estimate of drug-likeness (QED) is 0.673. The van der Waals surface area contributed by atoms with Crippen LogP contribution in [0.3, 0.4) is 0 Å².